The number of nitrogens with one attached hydrogen (secondary N) is 1. The third-order valence-electron chi connectivity index (χ3n) is 3.68. The van der Waals surface area contributed by atoms with Gasteiger partial charge >= 0.3 is 0 Å². The highest BCUT2D eigenvalue weighted by Gasteiger charge is 2.20. The van der Waals surface area contributed by atoms with Crippen LogP contribution in [0.25, 0.3) is 0 Å². The van der Waals surface area contributed by atoms with Gasteiger partial charge in [0.2, 0.25) is 0 Å². The minimum atomic E-state index is -0.883. The maximum atomic E-state index is 13.7. The van der Waals surface area contributed by atoms with Crippen LogP contribution in [0.3, 0.4) is 0 Å². The molecule has 0 bridgehead atoms. The first-order valence-electron chi connectivity index (χ1n) is 6.63. The normalized spacial score (nSPS) is 14.8. The van der Waals surface area contributed by atoms with Gasteiger partial charge in [-0.3, -0.25) is 0 Å². The van der Waals surface area contributed by atoms with Crippen LogP contribution in [0, 0.1) is 11.6 Å². The van der Waals surface area contributed by atoms with Crippen molar-refractivity contribution in [1.82, 2.24) is 0 Å². The van der Waals surface area contributed by atoms with Gasteiger partial charge in [0.05, 0.1) is 6.10 Å². The van der Waals surface area contributed by atoms with E-state index in [1.54, 1.807) is 0 Å². The van der Waals surface area contributed by atoms with Gasteiger partial charge in [-0.1, -0.05) is 30.3 Å². The van der Waals surface area contributed by atoms with Crippen molar-refractivity contribution in [3.8, 4) is 0 Å². The standard InChI is InChI=1S/C16H15F2NO/c17-13-6-2-4-11(15(13)18)9-14(20)12-5-1-3-10-7-8-19-16(10)12/h1-6,14,19-20H,7-9H2. The molecule has 0 fully saturated rings. The molecule has 1 aliphatic rings. The molecule has 0 radical (unpaired) electrons. The molecule has 2 aromatic rings. The Kier molecular flexibility index (Phi) is 3.40. The number of benzene rings is 2. The highest BCUT2D eigenvalue weighted by Crippen LogP contribution is 2.32. The molecule has 0 saturated heterocycles. The lowest BCUT2D eigenvalue weighted by atomic mass is 9.97. The molecular weight excluding hydrogens is 260 g/mol. The number of aliphatic hydroxyl groups is 1. The minimum Gasteiger partial charge on any atom is -0.388 e. The van der Waals surface area contributed by atoms with Crippen LogP contribution < -0.4 is 5.32 Å². The molecule has 2 nitrogen and oxygen atoms in total. The van der Waals surface area contributed by atoms with Gasteiger partial charge in [0.1, 0.15) is 0 Å². The Morgan fingerprint density at radius 3 is 2.80 bits per heavy atom. The third kappa shape index (κ3) is 2.27. The summed E-state index contributed by atoms with van der Waals surface area (Å²) in [5.41, 5.74) is 3.01. The molecule has 0 saturated carbocycles. The van der Waals surface area contributed by atoms with Crippen molar-refractivity contribution in [2.75, 3.05) is 11.9 Å². The molecule has 0 amide bonds. The van der Waals surface area contributed by atoms with Crippen LogP contribution >= 0.6 is 0 Å². The molecule has 0 spiro atoms. The van der Waals surface area contributed by atoms with Crippen molar-refractivity contribution >= 4 is 5.69 Å². The maximum Gasteiger partial charge on any atom is 0.162 e. The second kappa shape index (κ2) is 5.21. The molecule has 0 aromatic heterocycles. The number of aliphatic hydroxyl groups excluding tert-OH is 1. The molecule has 0 aliphatic carbocycles. The average molecular weight is 275 g/mol. The first kappa shape index (κ1) is 13.1. The Balaban J connectivity index is 1.89. The molecule has 1 atom stereocenters. The maximum absolute atomic E-state index is 13.7. The number of hydrogen-bond donors (Lipinski definition) is 2. The van der Waals surface area contributed by atoms with Crippen LogP contribution in [0.4, 0.5) is 14.5 Å². The lowest BCUT2D eigenvalue weighted by molar-refractivity contribution is 0.177. The van der Waals surface area contributed by atoms with E-state index in [4.69, 9.17) is 0 Å². The second-order valence-corrected chi connectivity index (χ2v) is 4.99. The van der Waals surface area contributed by atoms with E-state index in [-0.39, 0.29) is 12.0 Å². The molecule has 1 heterocycles. The number of fused-ring (bicyclic) bond motifs is 1. The van der Waals surface area contributed by atoms with Gasteiger partial charge in [0, 0.05) is 24.2 Å². The fourth-order valence-corrected chi connectivity index (χ4v) is 2.67. The number of para-hydroxylation sites is 1. The lowest BCUT2D eigenvalue weighted by Crippen LogP contribution is -2.07. The van der Waals surface area contributed by atoms with Crippen molar-refractivity contribution < 1.29 is 13.9 Å². The zero-order valence-corrected chi connectivity index (χ0v) is 10.9. The summed E-state index contributed by atoms with van der Waals surface area (Å²) in [7, 11) is 0. The molecule has 2 N–H and O–H groups in total. The Morgan fingerprint density at radius 2 is 1.95 bits per heavy atom. The van der Waals surface area contributed by atoms with Crippen molar-refractivity contribution in [1.29, 1.82) is 0 Å². The van der Waals surface area contributed by atoms with E-state index >= 15 is 0 Å². The average Bonchev–Trinajstić information content (AvgIpc) is 2.92. The van der Waals surface area contributed by atoms with Crippen LogP contribution in [0.5, 0.6) is 0 Å². The SMILES string of the molecule is OC(Cc1cccc(F)c1F)c1cccc2c1NCC2. The number of halogens is 2. The van der Waals surface area contributed by atoms with Gasteiger partial charge in [0.25, 0.3) is 0 Å². The molecule has 20 heavy (non-hydrogen) atoms. The van der Waals surface area contributed by atoms with Crippen molar-refractivity contribution in [2.45, 2.75) is 18.9 Å². The lowest BCUT2D eigenvalue weighted by Gasteiger charge is -2.16. The third-order valence-corrected chi connectivity index (χ3v) is 3.68. The first-order valence-corrected chi connectivity index (χ1v) is 6.63. The number of anilines is 1. The predicted molar refractivity (Wildman–Crippen MR) is 73.7 cm³/mol. The topological polar surface area (TPSA) is 32.3 Å². The number of hydrogen-bond acceptors (Lipinski definition) is 2. The summed E-state index contributed by atoms with van der Waals surface area (Å²) in [5, 5.41) is 13.6. The summed E-state index contributed by atoms with van der Waals surface area (Å²) in [4.78, 5) is 0. The zero-order valence-electron chi connectivity index (χ0n) is 10.9. The minimum absolute atomic E-state index is 0.0573. The molecule has 3 rings (SSSR count). The first-order chi connectivity index (χ1) is 9.66. The van der Waals surface area contributed by atoms with E-state index in [0.29, 0.717) is 0 Å². The zero-order chi connectivity index (χ0) is 14.1. The van der Waals surface area contributed by atoms with Crippen LogP contribution in [0.15, 0.2) is 36.4 Å². The van der Waals surface area contributed by atoms with E-state index in [1.807, 2.05) is 18.2 Å². The summed E-state index contributed by atoms with van der Waals surface area (Å²) in [6, 6.07) is 9.74. The highest BCUT2D eigenvalue weighted by atomic mass is 19.2. The largest absolute Gasteiger partial charge is 0.388 e. The van der Waals surface area contributed by atoms with Gasteiger partial charge in [0.15, 0.2) is 11.6 Å². The van der Waals surface area contributed by atoms with Gasteiger partial charge in [-0.05, 0) is 23.6 Å². The van der Waals surface area contributed by atoms with Crippen molar-refractivity contribution in [2.24, 2.45) is 0 Å². The van der Waals surface area contributed by atoms with Crippen LogP contribution in [-0.4, -0.2) is 11.7 Å². The predicted octanol–water partition coefficient (Wildman–Crippen LogP) is 3.21. The molecule has 1 aliphatic heterocycles. The number of rotatable bonds is 3. The highest BCUT2D eigenvalue weighted by molar-refractivity contribution is 5.62. The van der Waals surface area contributed by atoms with E-state index in [9.17, 15) is 13.9 Å². The summed E-state index contributed by atoms with van der Waals surface area (Å²) in [6.07, 6.45) is 0.123. The summed E-state index contributed by atoms with van der Waals surface area (Å²) < 4.78 is 26.8. The Morgan fingerprint density at radius 1 is 1.15 bits per heavy atom. The second-order valence-electron chi connectivity index (χ2n) is 4.99. The summed E-state index contributed by atoms with van der Waals surface area (Å²) >= 11 is 0. The fraction of sp³-hybridized carbons (Fsp3) is 0.250. The molecule has 1 unspecified atom stereocenters. The summed E-state index contributed by atoms with van der Waals surface area (Å²) in [6.45, 7) is 0.841. The van der Waals surface area contributed by atoms with E-state index in [2.05, 4.69) is 5.32 Å². The molecule has 2 aromatic carbocycles. The van der Waals surface area contributed by atoms with Gasteiger partial charge in [-0.15, -0.1) is 0 Å². The van der Waals surface area contributed by atoms with Gasteiger partial charge in [-0.25, -0.2) is 8.78 Å². The van der Waals surface area contributed by atoms with E-state index < -0.39 is 17.7 Å². The summed E-state index contributed by atoms with van der Waals surface area (Å²) in [5.74, 6) is -1.77. The van der Waals surface area contributed by atoms with Gasteiger partial charge in [-0.2, -0.15) is 0 Å². The van der Waals surface area contributed by atoms with Crippen molar-refractivity contribution in [3.63, 3.8) is 0 Å². The Labute approximate surface area is 116 Å². The Hall–Kier alpha value is -1.94. The van der Waals surface area contributed by atoms with Gasteiger partial charge < -0.3 is 10.4 Å². The Bertz CT molecular complexity index is 642. The molecule has 104 valence electrons. The smallest absolute Gasteiger partial charge is 0.162 e. The van der Waals surface area contributed by atoms with E-state index in [1.165, 1.54) is 12.1 Å². The van der Waals surface area contributed by atoms with Crippen LogP contribution in [0.1, 0.15) is 22.8 Å². The fourth-order valence-electron chi connectivity index (χ4n) is 2.67. The molecular formula is C16H15F2NO. The monoisotopic (exact) mass is 275 g/mol. The van der Waals surface area contributed by atoms with E-state index in [0.717, 1.165) is 35.8 Å². The quantitative estimate of drug-likeness (QED) is 0.901. The molecule has 4 heteroatoms. The van der Waals surface area contributed by atoms with Crippen molar-refractivity contribution in [3.05, 3.63) is 64.7 Å². The van der Waals surface area contributed by atoms with Crippen LogP contribution in [-0.2, 0) is 12.8 Å². The van der Waals surface area contributed by atoms with Crippen LogP contribution in [0.2, 0.25) is 0 Å².